The summed E-state index contributed by atoms with van der Waals surface area (Å²) in [7, 11) is 0. The fraction of sp³-hybridized carbons (Fsp3) is 0.250. The van der Waals surface area contributed by atoms with Gasteiger partial charge in [0.15, 0.2) is 0 Å². The van der Waals surface area contributed by atoms with Crippen molar-refractivity contribution in [1.29, 1.82) is 0 Å². The van der Waals surface area contributed by atoms with Gasteiger partial charge in [-0.05, 0) is 44.2 Å². The van der Waals surface area contributed by atoms with Crippen LogP contribution in [0.4, 0.5) is 0 Å². The van der Waals surface area contributed by atoms with Crippen LogP contribution in [0.5, 0.6) is 5.75 Å². The highest BCUT2D eigenvalue weighted by atomic mass is 35.5. The van der Waals surface area contributed by atoms with Crippen LogP contribution < -0.4 is 0 Å². The highest BCUT2D eigenvalue weighted by molar-refractivity contribution is 6.42. The van der Waals surface area contributed by atoms with E-state index < -0.39 is 18.0 Å². The lowest BCUT2D eigenvalue weighted by Crippen LogP contribution is -2.33. The molecule has 0 unspecified atom stereocenters. The molecular formula is C20H18Cl3NO5. The average Bonchev–Trinajstić information content (AvgIpc) is 2.67. The molecule has 0 fully saturated rings. The van der Waals surface area contributed by atoms with E-state index in [-0.39, 0.29) is 35.3 Å². The molecule has 0 aliphatic carbocycles. The van der Waals surface area contributed by atoms with E-state index in [4.69, 9.17) is 44.3 Å². The summed E-state index contributed by atoms with van der Waals surface area (Å²) in [6.07, 6.45) is 0. The molecule has 2 aromatic carbocycles. The zero-order valence-corrected chi connectivity index (χ0v) is 17.9. The first-order chi connectivity index (χ1) is 13.8. The van der Waals surface area contributed by atoms with Crippen LogP contribution in [0.15, 0.2) is 41.4 Å². The monoisotopic (exact) mass is 457 g/mol. The summed E-state index contributed by atoms with van der Waals surface area (Å²) >= 11 is 18.2. The molecule has 0 bridgehead atoms. The minimum Gasteiger partial charge on any atom is -0.507 e. The van der Waals surface area contributed by atoms with E-state index in [1.807, 2.05) is 0 Å². The Bertz CT molecular complexity index is 928. The summed E-state index contributed by atoms with van der Waals surface area (Å²) in [5, 5.41) is 11.2. The number of phenolic OH excluding ortho intramolecular Hbond substituents is 1. The molecule has 6 nitrogen and oxygen atoms in total. The Morgan fingerprint density at radius 3 is 2.14 bits per heavy atom. The highest BCUT2D eigenvalue weighted by Crippen LogP contribution is 2.29. The molecule has 0 aliphatic heterocycles. The summed E-state index contributed by atoms with van der Waals surface area (Å²) in [6, 6.07) is 7.32. The summed E-state index contributed by atoms with van der Waals surface area (Å²) in [5.41, 5.74) is 0.680. The predicted molar refractivity (Wildman–Crippen MR) is 112 cm³/mol. The molecule has 154 valence electrons. The lowest BCUT2D eigenvalue weighted by molar-refractivity contribution is -0.156. The molecule has 9 heteroatoms. The van der Waals surface area contributed by atoms with Crippen molar-refractivity contribution in [2.75, 3.05) is 13.2 Å². The van der Waals surface area contributed by atoms with Gasteiger partial charge in [0, 0.05) is 16.1 Å². The third-order valence-electron chi connectivity index (χ3n) is 3.68. The van der Waals surface area contributed by atoms with Crippen molar-refractivity contribution >= 4 is 52.5 Å². The minimum absolute atomic E-state index is 0.0504. The average molecular weight is 459 g/mol. The predicted octanol–water partition coefficient (Wildman–Crippen LogP) is 4.68. The zero-order chi connectivity index (χ0) is 21.6. The van der Waals surface area contributed by atoms with Gasteiger partial charge < -0.3 is 14.6 Å². The molecule has 0 aromatic heterocycles. The number of aliphatic imine (C=N–C) groups is 1. The molecule has 0 heterocycles. The number of aromatic hydroxyl groups is 1. The van der Waals surface area contributed by atoms with E-state index >= 15 is 0 Å². The Morgan fingerprint density at radius 1 is 0.966 bits per heavy atom. The fourth-order valence-electron chi connectivity index (χ4n) is 2.41. The number of nitrogens with zero attached hydrogens (tertiary/aromatic N) is 1. The molecule has 0 atom stereocenters. The smallest absolute Gasteiger partial charge is 0.342 e. The van der Waals surface area contributed by atoms with E-state index in [0.29, 0.717) is 15.6 Å². The molecule has 0 aliphatic rings. The Kier molecular flexibility index (Phi) is 8.32. The maximum absolute atomic E-state index is 12.4. The van der Waals surface area contributed by atoms with Gasteiger partial charge in [-0.15, -0.1) is 0 Å². The first-order valence-electron chi connectivity index (χ1n) is 8.63. The first kappa shape index (κ1) is 23.0. The van der Waals surface area contributed by atoms with E-state index in [1.54, 1.807) is 19.9 Å². The van der Waals surface area contributed by atoms with Crippen LogP contribution in [-0.2, 0) is 19.1 Å². The van der Waals surface area contributed by atoms with Crippen LogP contribution in [0.3, 0.4) is 0 Å². The highest BCUT2D eigenvalue weighted by Gasteiger charge is 2.30. The van der Waals surface area contributed by atoms with Gasteiger partial charge in [-0.3, -0.25) is 4.99 Å². The van der Waals surface area contributed by atoms with E-state index in [9.17, 15) is 14.7 Å². The van der Waals surface area contributed by atoms with Crippen LogP contribution in [0, 0.1) is 0 Å². The lowest BCUT2D eigenvalue weighted by atomic mass is 10.0. The fourth-order valence-corrected chi connectivity index (χ4v) is 2.88. The second-order valence-electron chi connectivity index (χ2n) is 5.67. The first-order valence-corrected chi connectivity index (χ1v) is 9.77. The quantitative estimate of drug-likeness (QED) is 0.370. The van der Waals surface area contributed by atoms with Crippen molar-refractivity contribution in [1.82, 2.24) is 0 Å². The maximum atomic E-state index is 12.4. The van der Waals surface area contributed by atoms with Crippen LogP contribution in [0.25, 0.3) is 0 Å². The number of esters is 2. The van der Waals surface area contributed by atoms with Gasteiger partial charge in [0.25, 0.3) is 0 Å². The number of carbonyl (C=O) groups is 2. The molecule has 1 N–H and O–H groups in total. The van der Waals surface area contributed by atoms with Crippen molar-refractivity contribution < 1.29 is 24.2 Å². The topological polar surface area (TPSA) is 85.2 Å². The summed E-state index contributed by atoms with van der Waals surface area (Å²) in [4.78, 5) is 29.0. The Labute approximate surface area is 183 Å². The molecule has 2 rings (SSSR count). The number of rotatable bonds is 7. The van der Waals surface area contributed by atoms with Gasteiger partial charge in [-0.25, -0.2) is 9.59 Å². The molecule has 0 saturated carbocycles. The van der Waals surface area contributed by atoms with Gasteiger partial charge in [-0.2, -0.15) is 0 Å². The SMILES string of the molecule is CCOC(=O)C(N=C(c1ccc(Cl)c(Cl)c1)c1cc(Cl)ccc1O)C(=O)OCC. The van der Waals surface area contributed by atoms with E-state index in [1.165, 1.54) is 30.3 Å². The summed E-state index contributed by atoms with van der Waals surface area (Å²) in [5.74, 6) is -1.93. The zero-order valence-electron chi connectivity index (χ0n) is 15.6. The molecule has 2 aromatic rings. The minimum atomic E-state index is -1.60. The molecular weight excluding hydrogens is 441 g/mol. The molecule has 0 amide bonds. The van der Waals surface area contributed by atoms with Crippen LogP contribution >= 0.6 is 34.8 Å². The molecule has 0 saturated heterocycles. The Hall–Kier alpha value is -2.28. The molecule has 29 heavy (non-hydrogen) atoms. The standard InChI is InChI=1S/C20H18Cl3NO5/c1-3-28-19(26)18(20(27)29-4-2)24-17(11-5-7-14(22)15(23)9-11)13-10-12(21)6-8-16(13)25/h5-10,18,25H,3-4H2,1-2H3. The van der Waals surface area contributed by atoms with Crippen molar-refractivity contribution in [3.8, 4) is 5.75 Å². The maximum Gasteiger partial charge on any atom is 0.342 e. The number of carbonyl (C=O) groups excluding carboxylic acids is 2. The van der Waals surface area contributed by atoms with Crippen LogP contribution in [-0.4, -0.2) is 42.0 Å². The van der Waals surface area contributed by atoms with Gasteiger partial charge in [0.2, 0.25) is 6.04 Å². The van der Waals surface area contributed by atoms with E-state index in [2.05, 4.69) is 4.99 Å². The van der Waals surface area contributed by atoms with Crippen molar-refractivity contribution in [2.45, 2.75) is 19.9 Å². The van der Waals surface area contributed by atoms with Gasteiger partial charge in [0.1, 0.15) is 5.75 Å². The third-order valence-corrected chi connectivity index (χ3v) is 4.66. The molecule has 0 radical (unpaired) electrons. The van der Waals surface area contributed by atoms with Crippen LogP contribution in [0.2, 0.25) is 15.1 Å². The molecule has 0 spiro atoms. The van der Waals surface area contributed by atoms with Crippen molar-refractivity contribution in [3.05, 3.63) is 62.6 Å². The second-order valence-corrected chi connectivity index (χ2v) is 6.93. The largest absolute Gasteiger partial charge is 0.507 e. The van der Waals surface area contributed by atoms with Gasteiger partial charge in [-0.1, -0.05) is 40.9 Å². The number of halogens is 3. The number of hydrogen-bond donors (Lipinski definition) is 1. The third kappa shape index (κ3) is 5.85. The number of phenols is 1. The van der Waals surface area contributed by atoms with Gasteiger partial charge in [0.05, 0.1) is 29.0 Å². The number of benzene rings is 2. The van der Waals surface area contributed by atoms with Gasteiger partial charge >= 0.3 is 11.9 Å². The van der Waals surface area contributed by atoms with Crippen molar-refractivity contribution in [2.24, 2.45) is 4.99 Å². The normalized spacial score (nSPS) is 11.4. The van der Waals surface area contributed by atoms with E-state index in [0.717, 1.165) is 0 Å². The number of hydrogen-bond acceptors (Lipinski definition) is 6. The Balaban J connectivity index is 2.71. The van der Waals surface area contributed by atoms with Crippen LogP contribution in [0.1, 0.15) is 25.0 Å². The summed E-state index contributed by atoms with van der Waals surface area (Å²) < 4.78 is 9.92. The summed E-state index contributed by atoms with van der Waals surface area (Å²) in [6.45, 7) is 3.31. The Morgan fingerprint density at radius 2 is 1.59 bits per heavy atom. The lowest BCUT2D eigenvalue weighted by Gasteiger charge is -2.15. The second kappa shape index (κ2) is 10.5. The number of ether oxygens (including phenoxy) is 2. The van der Waals surface area contributed by atoms with Crippen molar-refractivity contribution in [3.63, 3.8) is 0 Å².